The number of amides is 2. The summed E-state index contributed by atoms with van der Waals surface area (Å²) in [6.45, 7) is 3.72. The van der Waals surface area contributed by atoms with E-state index in [0.29, 0.717) is 11.4 Å². The molecule has 19 heavy (non-hydrogen) atoms. The molecule has 5 nitrogen and oxygen atoms in total. The number of anilines is 2. The van der Waals surface area contributed by atoms with E-state index in [-0.39, 0.29) is 12.1 Å². The van der Waals surface area contributed by atoms with Crippen LogP contribution in [0.25, 0.3) is 0 Å². The molecule has 0 aliphatic heterocycles. The molecule has 2 amide bonds. The number of nitrogens with one attached hydrogen (secondary N) is 2. The number of urea groups is 1. The Kier molecular flexibility index (Phi) is 3.75. The van der Waals surface area contributed by atoms with Gasteiger partial charge >= 0.3 is 6.03 Å². The number of hydrogen-bond donors (Lipinski definition) is 3. The summed E-state index contributed by atoms with van der Waals surface area (Å²) in [4.78, 5) is 11.8. The van der Waals surface area contributed by atoms with E-state index in [1.165, 1.54) is 0 Å². The van der Waals surface area contributed by atoms with E-state index >= 15 is 0 Å². The molecular formula is C14H17N3O2. The van der Waals surface area contributed by atoms with Crippen molar-refractivity contribution in [3.8, 4) is 0 Å². The molecule has 0 radical (unpaired) electrons. The van der Waals surface area contributed by atoms with Crippen LogP contribution in [-0.2, 0) is 0 Å². The number of rotatable bonds is 3. The van der Waals surface area contributed by atoms with Gasteiger partial charge in [-0.25, -0.2) is 4.79 Å². The first-order valence-corrected chi connectivity index (χ1v) is 6.04. The zero-order valence-electron chi connectivity index (χ0n) is 10.9. The Labute approximate surface area is 111 Å². The van der Waals surface area contributed by atoms with Crippen molar-refractivity contribution in [3.63, 3.8) is 0 Å². The molecule has 0 aliphatic rings. The molecular weight excluding hydrogens is 242 g/mol. The summed E-state index contributed by atoms with van der Waals surface area (Å²) in [7, 11) is 0. The molecule has 0 saturated carbocycles. The summed E-state index contributed by atoms with van der Waals surface area (Å²) in [5, 5.41) is 5.51. The highest BCUT2D eigenvalue weighted by Gasteiger charge is 2.12. The lowest BCUT2D eigenvalue weighted by Crippen LogP contribution is -2.30. The first kappa shape index (κ1) is 13.0. The van der Waals surface area contributed by atoms with Crippen molar-refractivity contribution in [2.75, 3.05) is 11.1 Å². The van der Waals surface area contributed by atoms with Gasteiger partial charge in [-0.2, -0.15) is 0 Å². The van der Waals surface area contributed by atoms with Gasteiger partial charge in [-0.3, -0.25) is 0 Å². The molecule has 2 rings (SSSR count). The fourth-order valence-electron chi connectivity index (χ4n) is 1.74. The van der Waals surface area contributed by atoms with E-state index in [2.05, 4.69) is 10.6 Å². The summed E-state index contributed by atoms with van der Waals surface area (Å²) in [5.41, 5.74) is 6.90. The first-order chi connectivity index (χ1) is 9.04. The summed E-state index contributed by atoms with van der Waals surface area (Å²) < 4.78 is 5.45. The van der Waals surface area contributed by atoms with Crippen LogP contribution in [0.5, 0.6) is 0 Å². The van der Waals surface area contributed by atoms with Gasteiger partial charge in [0.1, 0.15) is 11.5 Å². The van der Waals surface area contributed by atoms with Crippen LogP contribution in [0.2, 0.25) is 0 Å². The highest BCUT2D eigenvalue weighted by atomic mass is 16.3. The summed E-state index contributed by atoms with van der Waals surface area (Å²) >= 11 is 0. The quantitative estimate of drug-likeness (QED) is 0.741. The maximum absolute atomic E-state index is 11.8. The van der Waals surface area contributed by atoms with Crippen molar-refractivity contribution in [3.05, 3.63) is 47.9 Å². The third kappa shape index (κ3) is 3.51. The monoisotopic (exact) mass is 259 g/mol. The molecule has 0 spiro atoms. The van der Waals surface area contributed by atoms with Crippen LogP contribution in [-0.4, -0.2) is 6.03 Å². The Morgan fingerprint density at radius 3 is 2.74 bits per heavy atom. The van der Waals surface area contributed by atoms with Crippen molar-refractivity contribution in [2.45, 2.75) is 19.9 Å². The lowest BCUT2D eigenvalue weighted by Gasteiger charge is -2.12. The van der Waals surface area contributed by atoms with Gasteiger partial charge in [0.2, 0.25) is 0 Å². The van der Waals surface area contributed by atoms with Crippen LogP contribution in [0.3, 0.4) is 0 Å². The minimum Gasteiger partial charge on any atom is -0.464 e. The summed E-state index contributed by atoms with van der Waals surface area (Å²) in [6, 6.07) is 10.2. The number of carbonyl (C=O) groups excluding carboxylic acids is 1. The number of benzene rings is 1. The van der Waals surface area contributed by atoms with Gasteiger partial charge in [-0.1, -0.05) is 6.07 Å². The van der Waals surface area contributed by atoms with E-state index in [9.17, 15) is 4.79 Å². The van der Waals surface area contributed by atoms with E-state index in [4.69, 9.17) is 10.2 Å². The van der Waals surface area contributed by atoms with E-state index in [0.717, 1.165) is 11.5 Å². The number of carbonyl (C=O) groups is 1. The second-order valence-electron chi connectivity index (χ2n) is 4.39. The Hall–Kier alpha value is -2.43. The molecule has 0 aliphatic carbocycles. The van der Waals surface area contributed by atoms with Crippen LogP contribution in [0.1, 0.15) is 24.5 Å². The van der Waals surface area contributed by atoms with Gasteiger partial charge in [-0.15, -0.1) is 0 Å². The molecule has 1 unspecified atom stereocenters. The molecule has 0 saturated heterocycles. The van der Waals surface area contributed by atoms with Crippen molar-refractivity contribution >= 4 is 17.4 Å². The topological polar surface area (TPSA) is 80.3 Å². The number of nitrogens with two attached hydrogens (primary N) is 1. The maximum atomic E-state index is 11.8. The number of hydrogen-bond acceptors (Lipinski definition) is 3. The van der Waals surface area contributed by atoms with Gasteiger partial charge in [-0.05, 0) is 44.2 Å². The molecule has 2 aromatic rings. The fraction of sp³-hybridized carbons (Fsp3) is 0.214. The summed E-state index contributed by atoms with van der Waals surface area (Å²) in [6.07, 6.45) is 0. The lowest BCUT2D eigenvalue weighted by molar-refractivity contribution is 0.247. The highest BCUT2D eigenvalue weighted by molar-refractivity contribution is 5.89. The van der Waals surface area contributed by atoms with Crippen molar-refractivity contribution in [2.24, 2.45) is 0 Å². The van der Waals surface area contributed by atoms with Gasteiger partial charge in [0.25, 0.3) is 0 Å². The predicted octanol–water partition coefficient (Wildman–Crippen LogP) is 3.05. The molecule has 0 bridgehead atoms. The minimum atomic E-state index is -0.299. The molecule has 4 N–H and O–H groups in total. The van der Waals surface area contributed by atoms with Crippen LogP contribution in [0.15, 0.2) is 40.8 Å². The Balaban J connectivity index is 1.94. The van der Waals surface area contributed by atoms with Crippen LogP contribution >= 0.6 is 0 Å². The molecule has 5 heteroatoms. The molecule has 0 fully saturated rings. The molecule has 1 aromatic heterocycles. The average molecular weight is 259 g/mol. The van der Waals surface area contributed by atoms with Gasteiger partial charge in [0.05, 0.1) is 6.04 Å². The molecule has 1 atom stereocenters. The largest absolute Gasteiger partial charge is 0.464 e. The smallest absolute Gasteiger partial charge is 0.319 e. The summed E-state index contributed by atoms with van der Waals surface area (Å²) in [5.74, 6) is 1.54. The number of furan rings is 1. The van der Waals surface area contributed by atoms with Gasteiger partial charge in [0, 0.05) is 11.4 Å². The predicted molar refractivity (Wildman–Crippen MR) is 74.9 cm³/mol. The second-order valence-corrected chi connectivity index (χ2v) is 4.39. The maximum Gasteiger partial charge on any atom is 0.319 e. The van der Waals surface area contributed by atoms with Gasteiger partial charge < -0.3 is 20.8 Å². The zero-order chi connectivity index (χ0) is 13.8. The lowest BCUT2D eigenvalue weighted by atomic mass is 10.2. The van der Waals surface area contributed by atoms with E-state index in [1.807, 2.05) is 26.0 Å². The number of nitrogen functional groups attached to an aromatic ring is 1. The highest BCUT2D eigenvalue weighted by Crippen LogP contribution is 2.16. The van der Waals surface area contributed by atoms with Crippen molar-refractivity contribution in [1.29, 1.82) is 0 Å². The second kappa shape index (κ2) is 5.48. The van der Waals surface area contributed by atoms with Crippen LogP contribution in [0.4, 0.5) is 16.2 Å². The Bertz CT molecular complexity index is 578. The Morgan fingerprint density at radius 1 is 1.32 bits per heavy atom. The zero-order valence-corrected chi connectivity index (χ0v) is 10.9. The van der Waals surface area contributed by atoms with E-state index < -0.39 is 0 Å². The van der Waals surface area contributed by atoms with Crippen molar-refractivity contribution < 1.29 is 9.21 Å². The fourth-order valence-corrected chi connectivity index (χ4v) is 1.74. The SMILES string of the molecule is Cc1ccc(C(C)NC(=O)Nc2cccc(N)c2)o1. The average Bonchev–Trinajstić information content (AvgIpc) is 2.75. The number of aryl methyl sites for hydroxylation is 1. The standard InChI is InChI=1S/C14H17N3O2/c1-9-6-7-13(19-9)10(2)16-14(18)17-12-5-3-4-11(15)8-12/h3-8,10H,15H2,1-2H3,(H2,16,17,18). The third-order valence-corrected chi connectivity index (χ3v) is 2.68. The Morgan fingerprint density at radius 2 is 2.11 bits per heavy atom. The van der Waals surface area contributed by atoms with Gasteiger partial charge in [0.15, 0.2) is 0 Å². The normalized spacial score (nSPS) is 11.9. The molecule has 100 valence electrons. The first-order valence-electron chi connectivity index (χ1n) is 6.04. The minimum absolute atomic E-state index is 0.199. The van der Waals surface area contributed by atoms with E-state index in [1.54, 1.807) is 24.3 Å². The van der Waals surface area contributed by atoms with Crippen LogP contribution in [0, 0.1) is 6.92 Å². The molecule has 1 heterocycles. The third-order valence-electron chi connectivity index (χ3n) is 2.68. The van der Waals surface area contributed by atoms with Crippen LogP contribution < -0.4 is 16.4 Å². The molecule has 1 aromatic carbocycles. The van der Waals surface area contributed by atoms with Crippen molar-refractivity contribution in [1.82, 2.24) is 5.32 Å².